The Bertz CT molecular complexity index is 1090. The van der Waals surface area contributed by atoms with Crippen molar-refractivity contribution in [2.24, 2.45) is 0 Å². The molecule has 0 atom stereocenters. The van der Waals surface area contributed by atoms with Crippen molar-refractivity contribution in [1.82, 2.24) is 15.0 Å². The molecular formula is C16H6F4N4O2. The van der Waals surface area contributed by atoms with Crippen molar-refractivity contribution in [1.29, 1.82) is 0 Å². The van der Waals surface area contributed by atoms with Crippen molar-refractivity contribution in [3.63, 3.8) is 0 Å². The van der Waals surface area contributed by atoms with Gasteiger partial charge in [-0.1, -0.05) is 11.1 Å². The van der Waals surface area contributed by atoms with Crippen LogP contribution in [0.2, 0.25) is 0 Å². The first-order valence-corrected chi connectivity index (χ1v) is 6.84. The Balaban J connectivity index is 2.11. The van der Waals surface area contributed by atoms with Crippen molar-refractivity contribution in [2.45, 2.75) is 0 Å². The van der Waals surface area contributed by atoms with E-state index in [9.17, 15) is 27.7 Å². The van der Waals surface area contributed by atoms with E-state index in [4.69, 9.17) is 6.42 Å². The fraction of sp³-hybridized carbons (Fsp3) is 0. The summed E-state index contributed by atoms with van der Waals surface area (Å²) in [6.07, 6.45) is 6.16. The molecule has 130 valence electrons. The Morgan fingerprint density at radius 2 is 1.73 bits per heavy atom. The minimum Gasteiger partial charge on any atom is -0.258 e. The zero-order valence-corrected chi connectivity index (χ0v) is 12.6. The molecule has 0 amide bonds. The van der Waals surface area contributed by atoms with Crippen LogP contribution in [0.25, 0.3) is 16.9 Å². The summed E-state index contributed by atoms with van der Waals surface area (Å²) in [5, 5.41) is 17.9. The molecule has 0 unspecified atom stereocenters. The molecule has 2 aromatic carbocycles. The zero-order valence-electron chi connectivity index (χ0n) is 12.6. The highest BCUT2D eigenvalue weighted by Crippen LogP contribution is 2.27. The molecule has 0 bridgehead atoms. The van der Waals surface area contributed by atoms with Gasteiger partial charge < -0.3 is 0 Å². The fourth-order valence-corrected chi connectivity index (χ4v) is 2.20. The summed E-state index contributed by atoms with van der Waals surface area (Å²) >= 11 is 0. The van der Waals surface area contributed by atoms with Crippen LogP contribution in [0.1, 0.15) is 5.56 Å². The molecule has 0 aliphatic heterocycles. The fourth-order valence-electron chi connectivity index (χ4n) is 2.20. The molecule has 26 heavy (non-hydrogen) atoms. The van der Waals surface area contributed by atoms with E-state index >= 15 is 0 Å². The lowest BCUT2D eigenvalue weighted by Crippen LogP contribution is -2.02. The zero-order chi connectivity index (χ0) is 19.0. The number of nitrogens with zero attached hydrogens (tertiary/aromatic N) is 4. The van der Waals surface area contributed by atoms with E-state index in [2.05, 4.69) is 10.3 Å². The van der Waals surface area contributed by atoms with Crippen LogP contribution in [0.3, 0.4) is 0 Å². The third-order valence-electron chi connectivity index (χ3n) is 3.44. The second-order valence-electron chi connectivity index (χ2n) is 5.02. The topological polar surface area (TPSA) is 73.8 Å². The number of hydrogen-bond donors (Lipinski definition) is 0. The largest absolute Gasteiger partial charge is 0.307 e. The van der Waals surface area contributed by atoms with E-state index in [0.717, 1.165) is 16.9 Å². The molecule has 0 N–H and O–H groups in total. The molecule has 0 saturated heterocycles. The molecule has 0 fully saturated rings. The first kappa shape index (κ1) is 17.1. The second kappa shape index (κ2) is 6.29. The number of terminal acetylenes is 1. The van der Waals surface area contributed by atoms with Gasteiger partial charge in [0.2, 0.25) is 5.82 Å². The number of rotatable bonds is 3. The molecule has 3 aromatic rings. The van der Waals surface area contributed by atoms with E-state index in [1.165, 1.54) is 0 Å². The Kier molecular flexibility index (Phi) is 4.13. The van der Waals surface area contributed by atoms with Gasteiger partial charge in [0, 0.05) is 23.8 Å². The molecule has 0 aliphatic carbocycles. The first-order valence-electron chi connectivity index (χ1n) is 6.84. The molecular weight excluding hydrogens is 356 g/mol. The Morgan fingerprint density at radius 1 is 1.04 bits per heavy atom. The van der Waals surface area contributed by atoms with Gasteiger partial charge in [-0.15, -0.1) is 11.5 Å². The molecule has 1 aromatic heterocycles. The number of aromatic nitrogens is 3. The van der Waals surface area contributed by atoms with Gasteiger partial charge in [0.25, 0.3) is 0 Å². The summed E-state index contributed by atoms with van der Waals surface area (Å²) in [6.45, 7) is 0. The molecule has 1 heterocycles. The van der Waals surface area contributed by atoms with Crippen LogP contribution in [-0.4, -0.2) is 19.9 Å². The molecule has 3 rings (SSSR count). The van der Waals surface area contributed by atoms with Crippen LogP contribution in [0.15, 0.2) is 30.5 Å². The highest BCUT2D eigenvalue weighted by atomic mass is 19.1. The predicted molar refractivity (Wildman–Crippen MR) is 81.2 cm³/mol. The van der Waals surface area contributed by atoms with Gasteiger partial charge in [0.15, 0.2) is 5.82 Å². The van der Waals surface area contributed by atoms with Crippen LogP contribution in [0, 0.1) is 45.7 Å². The molecule has 10 heteroatoms. The van der Waals surface area contributed by atoms with Crippen LogP contribution in [-0.2, 0) is 0 Å². The van der Waals surface area contributed by atoms with Gasteiger partial charge in [-0.05, 0) is 6.07 Å². The number of hydrogen-bond acceptors (Lipinski definition) is 4. The Morgan fingerprint density at radius 3 is 2.38 bits per heavy atom. The number of nitro benzene ring substituents is 1. The van der Waals surface area contributed by atoms with E-state index in [0.29, 0.717) is 18.2 Å². The quantitative estimate of drug-likeness (QED) is 0.310. The highest BCUT2D eigenvalue weighted by molar-refractivity contribution is 5.62. The average molecular weight is 362 g/mol. The maximum absolute atomic E-state index is 14.0. The standard InChI is InChI=1S/C16H6F4N4O2/c1-2-8-3-9(11(18)4-10(8)17)14-7-23(22-21-14)15-6-16(24(25)26)13(20)5-12(15)19/h1,3-7H. The smallest absolute Gasteiger partial charge is 0.258 e. The number of nitro groups is 1. The summed E-state index contributed by atoms with van der Waals surface area (Å²) in [5.41, 5.74) is -2.01. The lowest BCUT2D eigenvalue weighted by atomic mass is 10.1. The van der Waals surface area contributed by atoms with Crippen molar-refractivity contribution < 1.29 is 22.5 Å². The van der Waals surface area contributed by atoms with Crippen LogP contribution < -0.4 is 0 Å². The summed E-state index contributed by atoms with van der Waals surface area (Å²) < 4.78 is 55.5. The summed E-state index contributed by atoms with van der Waals surface area (Å²) in [6, 6.07) is 2.52. The normalized spacial score (nSPS) is 10.6. The molecule has 0 spiro atoms. The van der Waals surface area contributed by atoms with Crippen molar-refractivity contribution in [3.8, 4) is 29.3 Å². The minimum atomic E-state index is -1.36. The van der Waals surface area contributed by atoms with Crippen LogP contribution in [0.5, 0.6) is 0 Å². The van der Waals surface area contributed by atoms with E-state index < -0.39 is 39.6 Å². The average Bonchev–Trinajstić information content (AvgIpc) is 3.04. The SMILES string of the molecule is C#Cc1cc(-c2cn(-c3cc([N+](=O)[O-])c(F)cc3F)nn2)c(F)cc1F. The maximum atomic E-state index is 14.0. The molecule has 6 nitrogen and oxygen atoms in total. The summed E-state index contributed by atoms with van der Waals surface area (Å²) in [4.78, 5) is 9.75. The van der Waals surface area contributed by atoms with Gasteiger partial charge in [0.05, 0.1) is 16.7 Å². The number of halogens is 4. The van der Waals surface area contributed by atoms with Crippen molar-refractivity contribution in [2.75, 3.05) is 0 Å². The maximum Gasteiger partial charge on any atom is 0.307 e. The van der Waals surface area contributed by atoms with Gasteiger partial charge in [-0.25, -0.2) is 17.9 Å². The van der Waals surface area contributed by atoms with Crippen LogP contribution >= 0.6 is 0 Å². The molecule has 0 aliphatic rings. The van der Waals surface area contributed by atoms with Crippen LogP contribution in [0.4, 0.5) is 23.2 Å². The Hall–Kier alpha value is -3.74. The number of benzene rings is 2. The Labute approximate surface area is 142 Å². The lowest BCUT2D eigenvalue weighted by Gasteiger charge is -2.03. The van der Waals surface area contributed by atoms with E-state index in [-0.39, 0.29) is 16.8 Å². The minimum absolute atomic E-state index is 0.134. The third kappa shape index (κ3) is 2.86. The third-order valence-corrected chi connectivity index (χ3v) is 3.44. The first-order chi connectivity index (χ1) is 12.3. The van der Waals surface area contributed by atoms with Gasteiger partial charge in [0.1, 0.15) is 23.0 Å². The second-order valence-corrected chi connectivity index (χ2v) is 5.02. The van der Waals surface area contributed by atoms with Gasteiger partial charge in [-0.3, -0.25) is 10.1 Å². The van der Waals surface area contributed by atoms with E-state index in [1.807, 2.05) is 5.92 Å². The molecule has 0 radical (unpaired) electrons. The predicted octanol–water partition coefficient (Wildman–Crippen LogP) is 3.38. The highest BCUT2D eigenvalue weighted by Gasteiger charge is 2.21. The van der Waals surface area contributed by atoms with Crippen molar-refractivity contribution >= 4 is 5.69 Å². The summed E-state index contributed by atoms with van der Waals surface area (Å²) in [7, 11) is 0. The van der Waals surface area contributed by atoms with Crippen molar-refractivity contribution in [3.05, 3.63) is 69.4 Å². The lowest BCUT2D eigenvalue weighted by molar-refractivity contribution is -0.387. The van der Waals surface area contributed by atoms with Gasteiger partial charge in [-0.2, -0.15) is 4.39 Å². The summed E-state index contributed by atoms with van der Waals surface area (Å²) in [5.74, 6) is -2.40. The monoisotopic (exact) mass is 362 g/mol. The van der Waals surface area contributed by atoms with E-state index in [1.54, 1.807) is 0 Å². The van der Waals surface area contributed by atoms with Gasteiger partial charge >= 0.3 is 5.69 Å². The molecule has 0 saturated carbocycles.